The lowest BCUT2D eigenvalue weighted by Crippen LogP contribution is -2.56. The largest absolute Gasteiger partial charge is 0.393 e. The fourth-order valence-electron chi connectivity index (χ4n) is 1.89. The van der Waals surface area contributed by atoms with E-state index >= 15 is 0 Å². The van der Waals surface area contributed by atoms with Gasteiger partial charge < -0.3 is 20.1 Å². The molecule has 0 aliphatic carbocycles. The standard InChI is InChI=1S/C17H32O6/c1-15(2,3)12(20)8-7-9-23-14(13(21)16(4,5)6)17(22,10-18)11-19/h14,18-19,22H,7-11H2,1-6H3. The SMILES string of the molecule is CC(C)(C)C(=O)CCCOC(C(=O)C(C)(C)C)C(O)(CO)CO. The van der Waals surface area contributed by atoms with Crippen molar-refractivity contribution in [1.82, 2.24) is 0 Å². The smallest absolute Gasteiger partial charge is 0.170 e. The quantitative estimate of drug-likeness (QED) is 0.546. The average molecular weight is 332 g/mol. The number of carbonyl (C=O) groups is 2. The highest BCUT2D eigenvalue weighted by atomic mass is 16.5. The van der Waals surface area contributed by atoms with E-state index in [0.717, 1.165) is 0 Å². The zero-order valence-electron chi connectivity index (χ0n) is 15.2. The summed E-state index contributed by atoms with van der Waals surface area (Å²) in [6.45, 7) is 9.00. The van der Waals surface area contributed by atoms with Gasteiger partial charge in [-0.25, -0.2) is 0 Å². The Balaban J connectivity index is 4.87. The molecule has 0 aliphatic rings. The van der Waals surface area contributed by atoms with Crippen LogP contribution in [0.5, 0.6) is 0 Å². The molecule has 0 aromatic heterocycles. The van der Waals surface area contributed by atoms with Crippen LogP contribution in [0.2, 0.25) is 0 Å². The summed E-state index contributed by atoms with van der Waals surface area (Å²) >= 11 is 0. The summed E-state index contributed by atoms with van der Waals surface area (Å²) in [7, 11) is 0. The zero-order valence-corrected chi connectivity index (χ0v) is 15.2. The van der Waals surface area contributed by atoms with Crippen molar-refractivity contribution < 1.29 is 29.6 Å². The molecule has 0 aliphatic heterocycles. The maximum atomic E-state index is 12.4. The third-order valence-electron chi connectivity index (χ3n) is 3.68. The number of aliphatic hydroxyl groups is 3. The number of aliphatic hydroxyl groups excluding tert-OH is 2. The van der Waals surface area contributed by atoms with Crippen LogP contribution in [0, 0.1) is 10.8 Å². The average Bonchev–Trinajstić information content (AvgIpc) is 2.43. The van der Waals surface area contributed by atoms with Crippen LogP contribution >= 0.6 is 0 Å². The van der Waals surface area contributed by atoms with E-state index in [1.807, 2.05) is 20.8 Å². The first-order chi connectivity index (χ1) is 10.3. The van der Waals surface area contributed by atoms with Crippen molar-refractivity contribution in [3.05, 3.63) is 0 Å². The fraction of sp³-hybridized carbons (Fsp3) is 0.882. The molecule has 0 spiro atoms. The van der Waals surface area contributed by atoms with Crippen molar-refractivity contribution in [3.8, 4) is 0 Å². The van der Waals surface area contributed by atoms with Gasteiger partial charge in [0.2, 0.25) is 0 Å². The molecule has 0 saturated carbocycles. The molecule has 0 fully saturated rings. The van der Waals surface area contributed by atoms with Gasteiger partial charge in [-0.1, -0.05) is 41.5 Å². The second-order valence-corrected chi connectivity index (χ2v) is 8.06. The van der Waals surface area contributed by atoms with E-state index in [4.69, 9.17) is 4.74 Å². The zero-order chi connectivity index (χ0) is 18.5. The van der Waals surface area contributed by atoms with E-state index < -0.39 is 41.5 Å². The van der Waals surface area contributed by atoms with Gasteiger partial charge in [0.25, 0.3) is 0 Å². The van der Waals surface area contributed by atoms with Crippen LogP contribution in [-0.2, 0) is 14.3 Å². The predicted molar refractivity (Wildman–Crippen MR) is 87.0 cm³/mol. The molecule has 1 atom stereocenters. The van der Waals surface area contributed by atoms with Crippen molar-refractivity contribution in [3.63, 3.8) is 0 Å². The Morgan fingerprint density at radius 3 is 1.78 bits per heavy atom. The van der Waals surface area contributed by atoms with Crippen LogP contribution in [0.25, 0.3) is 0 Å². The Hall–Kier alpha value is -0.820. The van der Waals surface area contributed by atoms with Crippen molar-refractivity contribution in [2.24, 2.45) is 10.8 Å². The number of hydrogen-bond acceptors (Lipinski definition) is 6. The summed E-state index contributed by atoms with van der Waals surface area (Å²) in [4.78, 5) is 24.3. The third-order valence-corrected chi connectivity index (χ3v) is 3.68. The van der Waals surface area contributed by atoms with Gasteiger partial charge in [-0.3, -0.25) is 9.59 Å². The highest BCUT2D eigenvalue weighted by molar-refractivity contribution is 5.89. The molecular weight excluding hydrogens is 300 g/mol. The molecule has 0 aromatic carbocycles. The summed E-state index contributed by atoms with van der Waals surface area (Å²) in [5.74, 6) is -0.329. The number of ether oxygens (including phenoxy) is 1. The molecule has 0 amide bonds. The summed E-state index contributed by atoms with van der Waals surface area (Å²) in [6, 6.07) is 0. The Morgan fingerprint density at radius 1 is 0.957 bits per heavy atom. The van der Waals surface area contributed by atoms with Crippen LogP contribution in [0.15, 0.2) is 0 Å². The fourth-order valence-corrected chi connectivity index (χ4v) is 1.89. The van der Waals surface area contributed by atoms with Gasteiger partial charge in [0.05, 0.1) is 13.2 Å². The maximum absolute atomic E-state index is 12.4. The van der Waals surface area contributed by atoms with E-state index in [2.05, 4.69) is 0 Å². The Morgan fingerprint density at radius 2 is 1.43 bits per heavy atom. The van der Waals surface area contributed by atoms with Gasteiger partial charge in [0.1, 0.15) is 17.5 Å². The Labute approximate surface area is 138 Å². The van der Waals surface area contributed by atoms with Gasteiger partial charge in [-0.05, 0) is 6.42 Å². The minimum Gasteiger partial charge on any atom is -0.393 e. The number of hydrogen-bond donors (Lipinski definition) is 3. The number of carbonyl (C=O) groups excluding carboxylic acids is 2. The molecule has 3 N–H and O–H groups in total. The topological polar surface area (TPSA) is 104 Å². The van der Waals surface area contributed by atoms with Crippen molar-refractivity contribution >= 4 is 11.6 Å². The summed E-state index contributed by atoms with van der Waals surface area (Å²) in [6.07, 6.45) is -0.643. The first kappa shape index (κ1) is 22.2. The van der Waals surface area contributed by atoms with Gasteiger partial charge in [-0.15, -0.1) is 0 Å². The lowest BCUT2D eigenvalue weighted by Gasteiger charge is -2.35. The first-order valence-corrected chi connectivity index (χ1v) is 7.93. The predicted octanol–water partition coefficient (Wildman–Crippen LogP) is 1.10. The Kier molecular flexibility index (Phi) is 8.03. The Bertz CT molecular complexity index is 398. The van der Waals surface area contributed by atoms with E-state index in [-0.39, 0.29) is 12.4 Å². The van der Waals surface area contributed by atoms with Crippen LogP contribution in [0.3, 0.4) is 0 Å². The highest BCUT2D eigenvalue weighted by Crippen LogP contribution is 2.25. The van der Waals surface area contributed by atoms with Gasteiger partial charge >= 0.3 is 0 Å². The molecule has 6 nitrogen and oxygen atoms in total. The van der Waals surface area contributed by atoms with Crippen LogP contribution in [0.4, 0.5) is 0 Å². The molecule has 23 heavy (non-hydrogen) atoms. The molecule has 0 rings (SSSR count). The second-order valence-electron chi connectivity index (χ2n) is 8.06. The molecule has 0 saturated heterocycles. The lowest BCUT2D eigenvalue weighted by atomic mass is 9.81. The van der Waals surface area contributed by atoms with Crippen molar-refractivity contribution in [1.29, 1.82) is 0 Å². The lowest BCUT2D eigenvalue weighted by molar-refractivity contribution is -0.176. The second kappa shape index (κ2) is 8.33. The maximum Gasteiger partial charge on any atom is 0.170 e. The minimum atomic E-state index is -2.04. The number of ketones is 2. The summed E-state index contributed by atoms with van der Waals surface area (Å²) in [5, 5.41) is 28.9. The summed E-state index contributed by atoms with van der Waals surface area (Å²) in [5.41, 5.74) is -3.28. The summed E-state index contributed by atoms with van der Waals surface area (Å²) < 4.78 is 5.47. The monoisotopic (exact) mass is 332 g/mol. The molecule has 0 aromatic rings. The van der Waals surface area contributed by atoms with Crippen LogP contribution < -0.4 is 0 Å². The third kappa shape index (κ3) is 6.67. The van der Waals surface area contributed by atoms with Crippen LogP contribution in [0.1, 0.15) is 54.4 Å². The van der Waals surface area contributed by atoms with Gasteiger partial charge in [0.15, 0.2) is 5.78 Å². The molecule has 136 valence electrons. The number of Topliss-reactive ketones (excluding diaryl/α,β-unsaturated/α-hetero) is 2. The van der Waals surface area contributed by atoms with Crippen LogP contribution in [-0.4, -0.2) is 58.4 Å². The van der Waals surface area contributed by atoms with Gasteiger partial charge in [0, 0.05) is 23.9 Å². The van der Waals surface area contributed by atoms with E-state index in [0.29, 0.717) is 12.8 Å². The van der Waals surface area contributed by atoms with Crippen molar-refractivity contribution in [2.75, 3.05) is 19.8 Å². The first-order valence-electron chi connectivity index (χ1n) is 7.93. The van der Waals surface area contributed by atoms with E-state index in [9.17, 15) is 24.9 Å². The molecule has 6 heteroatoms. The highest BCUT2D eigenvalue weighted by Gasteiger charge is 2.45. The van der Waals surface area contributed by atoms with E-state index in [1.165, 1.54) is 0 Å². The molecule has 0 heterocycles. The normalized spacial score (nSPS) is 14.7. The molecule has 1 unspecified atom stereocenters. The molecule has 0 bridgehead atoms. The molecule has 0 radical (unpaired) electrons. The van der Waals surface area contributed by atoms with E-state index in [1.54, 1.807) is 20.8 Å². The minimum absolute atomic E-state index is 0.0800. The van der Waals surface area contributed by atoms with Crippen molar-refractivity contribution in [2.45, 2.75) is 66.1 Å². The van der Waals surface area contributed by atoms with Gasteiger partial charge in [-0.2, -0.15) is 0 Å². The molecular formula is C17H32O6. The number of rotatable bonds is 9.